The second-order valence-electron chi connectivity index (χ2n) is 13.2. The number of benzene rings is 1. The third-order valence-electron chi connectivity index (χ3n) is 11.5. The minimum atomic E-state index is -0.111. The number of rotatable bonds is 7. The molecule has 4 heteroatoms. The fourth-order valence-electron chi connectivity index (χ4n) is 9.75. The van der Waals surface area contributed by atoms with Gasteiger partial charge in [0.15, 0.2) is 0 Å². The fourth-order valence-corrected chi connectivity index (χ4v) is 11.4. The SMILES string of the molecule is CC(=O)O[C@@H]1CC[C@@]2(C)[C@H](CC[C@@H]3[C@@H]2CC[C@]2(C)[C@@H]([C@H](C)CCC(=O)[Se]c4ccccc4)CC[C@@H]32)C1. The van der Waals surface area contributed by atoms with Gasteiger partial charge in [-0.3, -0.25) is 4.79 Å². The van der Waals surface area contributed by atoms with Gasteiger partial charge in [0.1, 0.15) is 6.10 Å². The van der Waals surface area contributed by atoms with Crippen LogP contribution < -0.4 is 4.46 Å². The normalized spacial score (nSPS) is 40.4. The van der Waals surface area contributed by atoms with Gasteiger partial charge in [0.25, 0.3) is 0 Å². The van der Waals surface area contributed by atoms with Gasteiger partial charge in [-0.25, -0.2) is 0 Å². The average Bonchev–Trinajstić information content (AvgIpc) is 3.20. The average molecular weight is 558 g/mol. The van der Waals surface area contributed by atoms with E-state index in [1.54, 1.807) is 6.92 Å². The Morgan fingerprint density at radius 2 is 1.69 bits per heavy atom. The van der Waals surface area contributed by atoms with Crippen LogP contribution in [0.5, 0.6) is 0 Å². The molecule has 1 aromatic carbocycles. The van der Waals surface area contributed by atoms with Crippen molar-refractivity contribution >= 4 is 30.1 Å². The van der Waals surface area contributed by atoms with Crippen LogP contribution in [0.1, 0.15) is 98.3 Å². The Bertz CT molecular complexity index is 946. The van der Waals surface area contributed by atoms with E-state index in [2.05, 4.69) is 32.9 Å². The summed E-state index contributed by atoms with van der Waals surface area (Å²) in [6.45, 7) is 9.23. The minimum absolute atomic E-state index is 0.0380. The first-order valence-corrected chi connectivity index (χ1v) is 16.3. The Hall–Kier alpha value is -1.12. The van der Waals surface area contributed by atoms with Gasteiger partial charge in [-0.2, -0.15) is 0 Å². The first-order valence-electron chi connectivity index (χ1n) is 14.6. The first kappa shape index (κ1) is 26.5. The second kappa shape index (κ2) is 10.6. The molecule has 0 aliphatic heterocycles. The molecule has 4 aliphatic rings. The van der Waals surface area contributed by atoms with E-state index in [-0.39, 0.29) is 27.0 Å². The van der Waals surface area contributed by atoms with E-state index >= 15 is 0 Å². The predicted octanol–water partition coefficient (Wildman–Crippen LogP) is 6.55. The summed E-state index contributed by atoms with van der Waals surface area (Å²) in [6.07, 6.45) is 13.5. The zero-order chi connectivity index (χ0) is 25.5. The summed E-state index contributed by atoms with van der Waals surface area (Å²) < 4.78 is 7.32. The summed E-state index contributed by atoms with van der Waals surface area (Å²) in [5, 5.41) is 0. The van der Waals surface area contributed by atoms with E-state index in [0.717, 1.165) is 55.3 Å². The third-order valence-corrected chi connectivity index (χ3v) is 13.5. The van der Waals surface area contributed by atoms with Crippen LogP contribution in [0.4, 0.5) is 0 Å². The molecule has 0 heterocycles. The number of carbonyl (C=O) groups excluding carboxylic acids is 2. The van der Waals surface area contributed by atoms with Crippen molar-refractivity contribution < 1.29 is 14.3 Å². The molecule has 0 saturated heterocycles. The van der Waals surface area contributed by atoms with Crippen LogP contribution in [-0.2, 0) is 14.3 Å². The number of esters is 1. The molecule has 1 aromatic rings. The number of hydrogen-bond donors (Lipinski definition) is 0. The van der Waals surface area contributed by atoms with E-state index in [4.69, 9.17) is 4.74 Å². The van der Waals surface area contributed by atoms with Gasteiger partial charge in [0, 0.05) is 6.92 Å². The van der Waals surface area contributed by atoms with Crippen molar-refractivity contribution in [2.24, 2.45) is 46.3 Å². The molecule has 4 fully saturated rings. The van der Waals surface area contributed by atoms with Crippen LogP contribution in [0.15, 0.2) is 30.3 Å². The van der Waals surface area contributed by atoms with E-state index < -0.39 is 0 Å². The zero-order valence-corrected chi connectivity index (χ0v) is 24.6. The maximum atomic E-state index is 12.7. The van der Waals surface area contributed by atoms with Crippen molar-refractivity contribution in [3.8, 4) is 0 Å². The Morgan fingerprint density at radius 3 is 2.44 bits per heavy atom. The first-order chi connectivity index (χ1) is 17.2. The van der Waals surface area contributed by atoms with Crippen LogP contribution >= 0.6 is 0 Å². The van der Waals surface area contributed by atoms with E-state index in [0.29, 0.717) is 21.4 Å². The predicted molar refractivity (Wildman–Crippen MR) is 146 cm³/mol. The Labute approximate surface area is 225 Å². The van der Waals surface area contributed by atoms with Gasteiger partial charge < -0.3 is 4.74 Å². The second-order valence-corrected chi connectivity index (χ2v) is 15.6. The summed E-state index contributed by atoms with van der Waals surface area (Å²) in [6, 6.07) is 10.3. The van der Waals surface area contributed by atoms with Crippen molar-refractivity contribution in [2.45, 2.75) is 104 Å². The Kier molecular flexibility index (Phi) is 7.77. The van der Waals surface area contributed by atoms with Gasteiger partial charge in [-0.1, -0.05) is 0 Å². The van der Waals surface area contributed by atoms with Gasteiger partial charge in [-0.05, 0) is 0 Å². The molecule has 0 unspecified atom stereocenters. The van der Waals surface area contributed by atoms with Crippen LogP contribution in [-0.4, -0.2) is 31.7 Å². The summed E-state index contributed by atoms with van der Waals surface area (Å²) in [5.74, 6) is 4.59. The van der Waals surface area contributed by atoms with Gasteiger partial charge in [-0.15, -0.1) is 0 Å². The Morgan fingerprint density at radius 1 is 0.972 bits per heavy atom. The van der Waals surface area contributed by atoms with Crippen LogP contribution in [0.2, 0.25) is 0 Å². The molecule has 198 valence electrons. The molecule has 0 amide bonds. The molecule has 3 nitrogen and oxygen atoms in total. The molecule has 5 rings (SSSR count). The van der Waals surface area contributed by atoms with Gasteiger partial charge >= 0.3 is 203 Å². The van der Waals surface area contributed by atoms with Crippen molar-refractivity contribution in [2.75, 3.05) is 0 Å². The molecule has 0 radical (unpaired) electrons. The summed E-state index contributed by atoms with van der Waals surface area (Å²) in [4.78, 5) is 24.3. The van der Waals surface area contributed by atoms with Crippen molar-refractivity contribution in [3.05, 3.63) is 30.3 Å². The summed E-state index contributed by atoms with van der Waals surface area (Å²) in [7, 11) is 0. The molecule has 4 aliphatic carbocycles. The van der Waals surface area contributed by atoms with Crippen LogP contribution in [0, 0.1) is 46.3 Å². The number of ether oxygens (including phenoxy) is 1. The van der Waals surface area contributed by atoms with Gasteiger partial charge in [0.2, 0.25) is 0 Å². The van der Waals surface area contributed by atoms with Crippen molar-refractivity contribution in [1.82, 2.24) is 0 Å². The molecule has 0 aromatic heterocycles. The van der Waals surface area contributed by atoms with E-state index in [9.17, 15) is 9.59 Å². The number of fused-ring (bicyclic) bond motifs is 5. The molecular formula is C32H46O3Se. The monoisotopic (exact) mass is 558 g/mol. The molecular weight excluding hydrogens is 511 g/mol. The summed E-state index contributed by atoms with van der Waals surface area (Å²) >= 11 is -0.0380. The van der Waals surface area contributed by atoms with Crippen LogP contribution in [0.3, 0.4) is 0 Å². The topological polar surface area (TPSA) is 43.4 Å². The molecule has 9 atom stereocenters. The fraction of sp³-hybridized carbons (Fsp3) is 0.750. The maximum absolute atomic E-state index is 12.7. The molecule has 36 heavy (non-hydrogen) atoms. The molecule has 0 bridgehead atoms. The van der Waals surface area contributed by atoms with Crippen LogP contribution in [0.25, 0.3) is 0 Å². The van der Waals surface area contributed by atoms with E-state index in [1.165, 1.54) is 49.4 Å². The quantitative estimate of drug-likeness (QED) is 0.282. The van der Waals surface area contributed by atoms with Crippen molar-refractivity contribution in [3.63, 3.8) is 0 Å². The molecule has 0 spiro atoms. The van der Waals surface area contributed by atoms with Gasteiger partial charge in [0.05, 0.1) is 0 Å². The standard InChI is InChI=1S/C32H46O3Se/c1-21(10-15-30(34)36-25-8-6-5-7-9-25)27-13-14-28-26-12-11-23-20-24(35-22(2)33)16-18-31(23,3)29(26)17-19-32(27,28)4/h5-9,21,23-24,26-29H,10-20H2,1-4H3/t21-,23-,24-,26+,27-,28+,29+,31+,32-/m1/s1. The molecule has 4 saturated carbocycles. The molecule has 0 N–H and O–H groups in total. The number of carbonyl (C=O) groups is 2. The number of hydrogen-bond acceptors (Lipinski definition) is 3. The Balaban J connectivity index is 1.20. The third kappa shape index (κ3) is 4.98. The van der Waals surface area contributed by atoms with E-state index in [1.807, 2.05) is 18.2 Å². The van der Waals surface area contributed by atoms with Crippen molar-refractivity contribution in [1.29, 1.82) is 0 Å². The summed E-state index contributed by atoms with van der Waals surface area (Å²) in [5.41, 5.74) is 0.878. The zero-order valence-electron chi connectivity index (χ0n) is 22.8.